The van der Waals surface area contributed by atoms with Gasteiger partial charge in [0.05, 0.1) is 25.2 Å². The van der Waals surface area contributed by atoms with Crippen LogP contribution in [0.3, 0.4) is 0 Å². The first kappa shape index (κ1) is 11.3. The summed E-state index contributed by atoms with van der Waals surface area (Å²) in [5.74, 6) is 0.522. The first-order valence-electron chi connectivity index (χ1n) is 5.95. The molecule has 16 heavy (non-hydrogen) atoms. The van der Waals surface area contributed by atoms with Crippen LogP contribution in [-0.2, 0) is 11.3 Å². The second-order valence-corrected chi connectivity index (χ2v) is 4.17. The zero-order valence-corrected chi connectivity index (χ0v) is 9.69. The SMILES string of the molecule is CCOCCn1cnc(C2CCC2)cc1=O. The van der Waals surface area contributed by atoms with Gasteiger partial charge in [-0.15, -0.1) is 0 Å². The van der Waals surface area contributed by atoms with E-state index < -0.39 is 0 Å². The van der Waals surface area contributed by atoms with E-state index in [4.69, 9.17) is 4.74 Å². The van der Waals surface area contributed by atoms with Crippen molar-refractivity contribution in [2.45, 2.75) is 38.6 Å². The number of rotatable bonds is 5. The molecule has 88 valence electrons. The second-order valence-electron chi connectivity index (χ2n) is 4.17. The lowest BCUT2D eigenvalue weighted by atomic mass is 9.83. The molecule has 2 rings (SSSR count). The third kappa shape index (κ3) is 2.50. The standard InChI is InChI=1S/C12H18N2O2/c1-2-16-7-6-14-9-13-11(8-12(14)15)10-4-3-5-10/h8-10H,2-7H2,1H3. The van der Waals surface area contributed by atoms with Crippen molar-refractivity contribution in [3.63, 3.8) is 0 Å². The molecule has 1 aromatic heterocycles. The molecule has 0 bridgehead atoms. The molecule has 0 radical (unpaired) electrons. The van der Waals surface area contributed by atoms with E-state index in [0.29, 0.717) is 25.7 Å². The van der Waals surface area contributed by atoms with Gasteiger partial charge in [-0.25, -0.2) is 4.98 Å². The molecule has 0 N–H and O–H groups in total. The molecule has 0 spiro atoms. The molecule has 1 aliphatic carbocycles. The molecular formula is C12H18N2O2. The van der Waals surface area contributed by atoms with Gasteiger partial charge in [-0.05, 0) is 19.8 Å². The van der Waals surface area contributed by atoms with Gasteiger partial charge >= 0.3 is 0 Å². The van der Waals surface area contributed by atoms with Crippen molar-refractivity contribution in [3.8, 4) is 0 Å². The van der Waals surface area contributed by atoms with E-state index in [1.807, 2.05) is 6.92 Å². The van der Waals surface area contributed by atoms with Crippen molar-refractivity contribution in [1.29, 1.82) is 0 Å². The van der Waals surface area contributed by atoms with Gasteiger partial charge in [0.25, 0.3) is 5.56 Å². The van der Waals surface area contributed by atoms with Crippen molar-refractivity contribution in [2.24, 2.45) is 0 Å². The van der Waals surface area contributed by atoms with Crippen LogP contribution in [0.4, 0.5) is 0 Å². The fourth-order valence-corrected chi connectivity index (χ4v) is 1.84. The average Bonchev–Trinajstić information content (AvgIpc) is 2.19. The van der Waals surface area contributed by atoms with E-state index in [-0.39, 0.29) is 5.56 Å². The summed E-state index contributed by atoms with van der Waals surface area (Å²) < 4.78 is 6.82. The lowest BCUT2D eigenvalue weighted by Crippen LogP contribution is -2.24. The molecular weight excluding hydrogens is 204 g/mol. The summed E-state index contributed by atoms with van der Waals surface area (Å²) >= 11 is 0. The highest BCUT2D eigenvalue weighted by Gasteiger charge is 2.21. The molecule has 1 heterocycles. The monoisotopic (exact) mass is 222 g/mol. The summed E-state index contributed by atoms with van der Waals surface area (Å²) in [5, 5.41) is 0. The molecule has 1 aromatic rings. The Hall–Kier alpha value is -1.16. The van der Waals surface area contributed by atoms with E-state index in [9.17, 15) is 4.79 Å². The predicted molar refractivity (Wildman–Crippen MR) is 61.6 cm³/mol. The minimum Gasteiger partial charge on any atom is -0.380 e. The number of ether oxygens (including phenoxy) is 1. The molecule has 1 aliphatic rings. The summed E-state index contributed by atoms with van der Waals surface area (Å²) in [5.41, 5.74) is 1.00. The van der Waals surface area contributed by atoms with Gasteiger partial charge in [0.2, 0.25) is 0 Å². The van der Waals surface area contributed by atoms with Crippen molar-refractivity contribution in [2.75, 3.05) is 13.2 Å². The zero-order valence-electron chi connectivity index (χ0n) is 9.69. The van der Waals surface area contributed by atoms with Crippen molar-refractivity contribution < 1.29 is 4.74 Å². The van der Waals surface area contributed by atoms with E-state index in [1.54, 1.807) is 17.0 Å². The highest BCUT2D eigenvalue weighted by Crippen LogP contribution is 2.34. The Morgan fingerprint density at radius 3 is 2.94 bits per heavy atom. The molecule has 4 heteroatoms. The maximum absolute atomic E-state index is 11.7. The molecule has 1 fully saturated rings. The Morgan fingerprint density at radius 2 is 2.38 bits per heavy atom. The van der Waals surface area contributed by atoms with Crippen LogP contribution < -0.4 is 5.56 Å². The quantitative estimate of drug-likeness (QED) is 0.710. The largest absolute Gasteiger partial charge is 0.380 e. The van der Waals surface area contributed by atoms with E-state index in [2.05, 4.69) is 4.98 Å². The summed E-state index contributed by atoms with van der Waals surface area (Å²) in [4.78, 5) is 16.1. The normalized spacial score (nSPS) is 16.1. The lowest BCUT2D eigenvalue weighted by molar-refractivity contribution is 0.138. The van der Waals surface area contributed by atoms with Crippen LogP contribution in [0.25, 0.3) is 0 Å². The average molecular weight is 222 g/mol. The molecule has 0 aliphatic heterocycles. The van der Waals surface area contributed by atoms with Crippen LogP contribution in [0.2, 0.25) is 0 Å². The fourth-order valence-electron chi connectivity index (χ4n) is 1.84. The topological polar surface area (TPSA) is 44.1 Å². The van der Waals surface area contributed by atoms with Crippen LogP contribution >= 0.6 is 0 Å². The minimum absolute atomic E-state index is 0.0385. The van der Waals surface area contributed by atoms with Crippen LogP contribution in [-0.4, -0.2) is 22.8 Å². The Balaban J connectivity index is 2.01. The Morgan fingerprint density at radius 1 is 1.56 bits per heavy atom. The maximum Gasteiger partial charge on any atom is 0.253 e. The molecule has 0 amide bonds. The van der Waals surface area contributed by atoms with Crippen LogP contribution in [0.1, 0.15) is 37.8 Å². The molecule has 0 aromatic carbocycles. The number of hydrogen-bond donors (Lipinski definition) is 0. The molecule has 4 nitrogen and oxygen atoms in total. The fraction of sp³-hybridized carbons (Fsp3) is 0.667. The van der Waals surface area contributed by atoms with Crippen LogP contribution in [0, 0.1) is 0 Å². The Bertz CT molecular complexity index is 396. The summed E-state index contributed by atoms with van der Waals surface area (Å²) in [7, 11) is 0. The van der Waals surface area contributed by atoms with Gasteiger partial charge < -0.3 is 4.74 Å². The molecule has 0 atom stereocenters. The lowest BCUT2D eigenvalue weighted by Gasteiger charge is -2.24. The highest BCUT2D eigenvalue weighted by molar-refractivity contribution is 5.09. The van der Waals surface area contributed by atoms with E-state index in [1.165, 1.54) is 19.3 Å². The van der Waals surface area contributed by atoms with Crippen molar-refractivity contribution >= 4 is 0 Å². The third-order valence-electron chi connectivity index (χ3n) is 3.10. The van der Waals surface area contributed by atoms with Gasteiger partial charge in [-0.2, -0.15) is 0 Å². The van der Waals surface area contributed by atoms with E-state index >= 15 is 0 Å². The predicted octanol–water partition coefficient (Wildman–Crippen LogP) is 1.55. The highest BCUT2D eigenvalue weighted by atomic mass is 16.5. The number of aromatic nitrogens is 2. The summed E-state index contributed by atoms with van der Waals surface area (Å²) in [6.45, 7) is 3.79. The minimum atomic E-state index is 0.0385. The Labute approximate surface area is 95.3 Å². The number of nitrogens with zero attached hydrogens (tertiary/aromatic N) is 2. The van der Waals surface area contributed by atoms with Gasteiger partial charge in [-0.1, -0.05) is 6.42 Å². The third-order valence-corrected chi connectivity index (χ3v) is 3.10. The van der Waals surface area contributed by atoms with E-state index in [0.717, 1.165) is 5.69 Å². The van der Waals surface area contributed by atoms with Gasteiger partial charge in [0.15, 0.2) is 0 Å². The molecule has 1 saturated carbocycles. The van der Waals surface area contributed by atoms with Crippen LogP contribution in [0.15, 0.2) is 17.2 Å². The van der Waals surface area contributed by atoms with Crippen molar-refractivity contribution in [3.05, 3.63) is 28.4 Å². The second kappa shape index (κ2) is 5.25. The van der Waals surface area contributed by atoms with Gasteiger partial charge in [0.1, 0.15) is 0 Å². The number of hydrogen-bond acceptors (Lipinski definition) is 3. The smallest absolute Gasteiger partial charge is 0.253 e. The van der Waals surface area contributed by atoms with Gasteiger partial charge in [0, 0.05) is 18.6 Å². The van der Waals surface area contributed by atoms with Gasteiger partial charge in [-0.3, -0.25) is 9.36 Å². The molecule has 0 saturated heterocycles. The molecule has 0 unspecified atom stereocenters. The zero-order chi connectivity index (χ0) is 11.4. The summed E-state index contributed by atoms with van der Waals surface area (Å²) in [6.07, 6.45) is 5.26. The summed E-state index contributed by atoms with van der Waals surface area (Å²) in [6, 6.07) is 1.68. The van der Waals surface area contributed by atoms with Crippen molar-refractivity contribution in [1.82, 2.24) is 9.55 Å². The van der Waals surface area contributed by atoms with Crippen LogP contribution in [0.5, 0.6) is 0 Å². The first-order valence-corrected chi connectivity index (χ1v) is 5.95. The first-order chi connectivity index (χ1) is 7.81. The Kier molecular flexibility index (Phi) is 3.72. The maximum atomic E-state index is 11.7.